The summed E-state index contributed by atoms with van der Waals surface area (Å²) in [6.45, 7) is 1.98. The van der Waals surface area contributed by atoms with E-state index in [1.807, 2.05) is 85.8 Å². The average Bonchev–Trinajstić information content (AvgIpc) is 3.20. The molecule has 0 saturated carbocycles. The minimum Gasteiger partial charge on any atom is -0.418 e. The van der Waals surface area contributed by atoms with Crippen LogP contribution in [0.15, 0.2) is 83.3 Å². The summed E-state index contributed by atoms with van der Waals surface area (Å²) in [5, 5.41) is 12.7. The molecule has 0 amide bonds. The molecule has 1 atom stereocenters. The van der Waals surface area contributed by atoms with Crippen LogP contribution in [0.5, 0.6) is 0 Å². The monoisotopic (exact) mass is 375 g/mol. The van der Waals surface area contributed by atoms with Crippen LogP contribution in [0.4, 0.5) is 5.69 Å². The Labute approximate surface area is 162 Å². The highest BCUT2D eigenvalue weighted by Gasteiger charge is 2.21. The molecule has 0 radical (unpaired) electrons. The molecular weight excluding hydrogens is 358 g/mol. The third-order valence-corrected chi connectivity index (χ3v) is 4.73. The Hall–Kier alpha value is -3.11. The van der Waals surface area contributed by atoms with Gasteiger partial charge in [0.1, 0.15) is 6.04 Å². The maximum Gasteiger partial charge on any atom is 0.247 e. The summed E-state index contributed by atoms with van der Waals surface area (Å²) in [5.74, 6) is 0.993. The lowest BCUT2D eigenvalue weighted by Gasteiger charge is -2.17. The van der Waals surface area contributed by atoms with E-state index in [0.717, 1.165) is 22.4 Å². The van der Waals surface area contributed by atoms with Gasteiger partial charge in [0.05, 0.1) is 0 Å². The van der Waals surface area contributed by atoms with Crippen LogP contribution in [-0.2, 0) is 0 Å². The van der Waals surface area contributed by atoms with Gasteiger partial charge in [-0.2, -0.15) is 0 Å². The molecule has 1 N–H and O–H groups in total. The number of benzene rings is 3. The quantitative estimate of drug-likeness (QED) is 0.471. The fourth-order valence-corrected chi connectivity index (χ4v) is 3.01. The molecule has 5 heteroatoms. The summed E-state index contributed by atoms with van der Waals surface area (Å²) in [5.41, 5.74) is 3.83. The van der Waals surface area contributed by atoms with E-state index in [1.54, 1.807) is 0 Å². The number of anilines is 1. The van der Waals surface area contributed by atoms with Gasteiger partial charge in [0, 0.05) is 16.3 Å². The van der Waals surface area contributed by atoms with Crippen molar-refractivity contribution in [2.45, 2.75) is 13.0 Å². The molecule has 1 heterocycles. The smallest absolute Gasteiger partial charge is 0.247 e. The fourth-order valence-electron chi connectivity index (χ4n) is 2.83. The Balaban J connectivity index is 1.70. The van der Waals surface area contributed by atoms with E-state index < -0.39 is 0 Å². The van der Waals surface area contributed by atoms with E-state index in [0.29, 0.717) is 16.8 Å². The van der Waals surface area contributed by atoms with Crippen molar-refractivity contribution in [3.8, 4) is 11.5 Å². The molecule has 0 fully saturated rings. The summed E-state index contributed by atoms with van der Waals surface area (Å²) in [6.07, 6.45) is 0. The molecule has 4 aromatic rings. The van der Waals surface area contributed by atoms with Gasteiger partial charge < -0.3 is 9.73 Å². The van der Waals surface area contributed by atoms with Gasteiger partial charge in [0.15, 0.2) is 0 Å². The standard InChI is InChI=1S/C22H18ClN3O/c1-15-12-13-18(14-19(15)23)24-20(16-8-4-2-5-9-16)22-26-25-21(27-22)17-10-6-3-7-11-17/h2-14,20,24H,1H3. The lowest BCUT2D eigenvalue weighted by Crippen LogP contribution is -2.13. The Morgan fingerprint density at radius 3 is 2.30 bits per heavy atom. The van der Waals surface area contributed by atoms with Crippen LogP contribution < -0.4 is 5.32 Å². The number of hydrogen-bond donors (Lipinski definition) is 1. The van der Waals surface area contributed by atoms with Crippen molar-refractivity contribution >= 4 is 17.3 Å². The predicted molar refractivity (Wildman–Crippen MR) is 108 cm³/mol. The summed E-state index contributed by atoms with van der Waals surface area (Å²) in [4.78, 5) is 0. The molecule has 0 bridgehead atoms. The van der Waals surface area contributed by atoms with Crippen LogP contribution in [-0.4, -0.2) is 10.2 Å². The van der Waals surface area contributed by atoms with Crippen LogP contribution in [0.1, 0.15) is 23.1 Å². The SMILES string of the molecule is Cc1ccc(NC(c2ccccc2)c2nnc(-c3ccccc3)o2)cc1Cl. The highest BCUT2D eigenvalue weighted by molar-refractivity contribution is 6.31. The molecule has 1 aromatic heterocycles. The molecule has 0 spiro atoms. The first-order chi connectivity index (χ1) is 13.2. The van der Waals surface area contributed by atoms with Crippen molar-refractivity contribution in [2.75, 3.05) is 5.32 Å². The second-order valence-corrected chi connectivity index (χ2v) is 6.67. The van der Waals surface area contributed by atoms with Crippen molar-refractivity contribution in [3.63, 3.8) is 0 Å². The minimum absolute atomic E-state index is 0.282. The maximum atomic E-state index is 6.28. The zero-order chi connectivity index (χ0) is 18.6. The molecule has 0 aliphatic carbocycles. The van der Waals surface area contributed by atoms with Crippen LogP contribution in [0.3, 0.4) is 0 Å². The molecule has 0 saturated heterocycles. The van der Waals surface area contributed by atoms with Gasteiger partial charge in [-0.25, -0.2) is 0 Å². The van der Waals surface area contributed by atoms with Crippen LogP contribution in [0, 0.1) is 6.92 Å². The molecule has 134 valence electrons. The largest absolute Gasteiger partial charge is 0.418 e. The van der Waals surface area contributed by atoms with Gasteiger partial charge in [-0.05, 0) is 42.3 Å². The topological polar surface area (TPSA) is 51.0 Å². The average molecular weight is 376 g/mol. The summed E-state index contributed by atoms with van der Waals surface area (Å²) in [7, 11) is 0. The Bertz CT molecular complexity index is 1030. The van der Waals surface area contributed by atoms with Crippen molar-refractivity contribution < 1.29 is 4.42 Å². The second kappa shape index (κ2) is 7.64. The van der Waals surface area contributed by atoms with E-state index in [2.05, 4.69) is 15.5 Å². The zero-order valence-corrected chi connectivity index (χ0v) is 15.5. The number of aryl methyl sites for hydroxylation is 1. The van der Waals surface area contributed by atoms with Crippen molar-refractivity contribution in [3.05, 3.63) is 101 Å². The van der Waals surface area contributed by atoms with E-state index in [1.165, 1.54) is 0 Å². The van der Waals surface area contributed by atoms with Crippen LogP contribution >= 0.6 is 11.6 Å². The molecule has 0 aliphatic heterocycles. The lowest BCUT2D eigenvalue weighted by molar-refractivity contribution is 0.494. The molecular formula is C22H18ClN3O. The van der Waals surface area contributed by atoms with E-state index in [-0.39, 0.29) is 6.04 Å². The number of nitrogens with one attached hydrogen (secondary N) is 1. The Morgan fingerprint density at radius 2 is 1.59 bits per heavy atom. The number of nitrogens with zero attached hydrogens (tertiary/aromatic N) is 2. The normalized spacial score (nSPS) is 11.9. The van der Waals surface area contributed by atoms with Gasteiger partial charge >= 0.3 is 0 Å². The highest BCUT2D eigenvalue weighted by atomic mass is 35.5. The lowest BCUT2D eigenvalue weighted by atomic mass is 10.1. The van der Waals surface area contributed by atoms with Gasteiger partial charge in [0.2, 0.25) is 11.8 Å². The molecule has 27 heavy (non-hydrogen) atoms. The highest BCUT2D eigenvalue weighted by Crippen LogP contribution is 2.30. The third-order valence-electron chi connectivity index (χ3n) is 4.32. The predicted octanol–water partition coefficient (Wildman–Crippen LogP) is 5.90. The second-order valence-electron chi connectivity index (χ2n) is 6.26. The first kappa shape index (κ1) is 17.3. The van der Waals surface area contributed by atoms with Gasteiger partial charge in [-0.15, -0.1) is 10.2 Å². The first-order valence-electron chi connectivity index (χ1n) is 8.67. The van der Waals surface area contributed by atoms with Crippen molar-refractivity contribution in [1.29, 1.82) is 0 Å². The Morgan fingerprint density at radius 1 is 0.889 bits per heavy atom. The molecule has 4 rings (SSSR count). The number of aromatic nitrogens is 2. The minimum atomic E-state index is -0.282. The van der Waals surface area contributed by atoms with Crippen molar-refractivity contribution in [1.82, 2.24) is 10.2 Å². The number of rotatable bonds is 5. The van der Waals surface area contributed by atoms with Crippen molar-refractivity contribution in [2.24, 2.45) is 0 Å². The summed E-state index contributed by atoms with van der Waals surface area (Å²) >= 11 is 6.28. The number of hydrogen-bond acceptors (Lipinski definition) is 4. The third kappa shape index (κ3) is 3.86. The Kier molecular flexibility index (Phi) is 4.90. The van der Waals surface area contributed by atoms with Crippen LogP contribution in [0.2, 0.25) is 5.02 Å². The van der Waals surface area contributed by atoms with Gasteiger partial charge in [0.25, 0.3) is 0 Å². The zero-order valence-electron chi connectivity index (χ0n) is 14.8. The molecule has 1 unspecified atom stereocenters. The summed E-state index contributed by atoms with van der Waals surface area (Å²) < 4.78 is 5.99. The van der Waals surface area contributed by atoms with E-state index in [4.69, 9.17) is 16.0 Å². The van der Waals surface area contributed by atoms with E-state index in [9.17, 15) is 0 Å². The molecule has 3 aromatic carbocycles. The first-order valence-corrected chi connectivity index (χ1v) is 9.05. The maximum absolute atomic E-state index is 6.28. The van der Waals surface area contributed by atoms with Gasteiger partial charge in [-0.3, -0.25) is 0 Å². The van der Waals surface area contributed by atoms with Gasteiger partial charge in [-0.1, -0.05) is 66.2 Å². The molecule has 4 nitrogen and oxygen atoms in total. The van der Waals surface area contributed by atoms with Crippen LogP contribution in [0.25, 0.3) is 11.5 Å². The fraction of sp³-hybridized carbons (Fsp3) is 0.0909. The number of halogens is 1. The van der Waals surface area contributed by atoms with E-state index >= 15 is 0 Å². The summed E-state index contributed by atoms with van der Waals surface area (Å²) in [6, 6.07) is 25.3. The molecule has 0 aliphatic rings.